The summed E-state index contributed by atoms with van der Waals surface area (Å²) < 4.78 is 9.35. The highest BCUT2D eigenvalue weighted by molar-refractivity contribution is 5.64. The summed E-state index contributed by atoms with van der Waals surface area (Å²) in [5.74, 6) is 1.53. The highest BCUT2D eigenvalue weighted by Crippen LogP contribution is 2.35. The van der Waals surface area contributed by atoms with E-state index in [9.17, 15) is 0 Å². The van der Waals surface area contributed by atoms with Gasteiger partial charge >= 0.3 is 0 Å². The van der Waals surface area contributed by atoms with Crippen molar-refractivity contribution in [2.45, 2.75) is 25.4 Å². The normalized spacial score (nSPS) is 13.4. The van der Waals surface area contributed by atoms with Crippen LogP contribution >= 0.6 is 0 Å². The number of hydrogen-bond acceptors (Lipinski definition) is 6. The number of benzene rings is 1. The van der Waals surface area contributed by atoms with E-state index in [1.54, 1.807) is 13.4 Å². The smallest absolute Gasteiger partial charge is 0.140 e. The van der Waals surface area contributed by atoms with Gasteiger partial charge in [0.05, 0.1) is 36.9 Å². The maximum atomic E-state index is 5.28. The van der Waals surface area contributed by atoms with Crippen LogP contribution in [0.1, 0.15) is 24.4 Å². The van der Waals surface area contributed by atoms with Crippen LogP contribution < -0.4 is 10.1 Å². The predicted molar refractivity (Wildman–Crippen MR) is 126 cm³/mol. The van der Waals surface area contributed by atoms with Crippen molar-refractivity contribution in [2.24, 2.45) is 0 Å². The lowest BCUT2D eigenvalue weighted by molar-refractivity contribution is 0.414. The van der Waals surface area contributed by atoms with Gasteiger partial charge in [0.25, 0.3) is 0 Å². The van der Waals surface area contributed by atoms with Gasteiger partial charge in [-0.25, -0.2) is 15.0 Å². The third-order valence-corrected chi connectivity index (χ3v) is 5.93. The van der Waals surface area contributed by atoms with Gasteiger partial charge in [0.1, 0.15) is 23.5 Å². The van der Waals surface area contributed by atoms with E-state index < -0.39 is 0 Å². The molecule has 8 nitrogen and oxygen atoms in total. The summed E-state index contributed by atoms with van der Waals surface area (Å²) >= 11 is 0. The molecule has 1 aliphatic rings. The van der Waals surface area contributed by atoms with Crippen molar-refractivity contribution < 1.29 is 4.74 Å². The standard InChI is InChI=1S/C25H23N7O/c1-33-21-8-9-31-23(14-27-25(31)10-21)22-11-24(29-16-28-22)26-12-17-2-4-18(5-3-17)19-13-30-32(15-19)20-6-7-20/h2-5,8-11,13-16,20H,6-7,12H2,1H3,(H,26,28,29). The molecule has 1 aliphatic carbocycles. The molecule has 0 unspecified atom stereocenters. The highest BCUT2D eigenvalue weighted by Gasteiger charge is 2.24. The van der Waals surface area contributed by atoms with E-state index in [0.29, 0.717) is 12.6 Å². The Labute approximate surface area is 190 Å². The maximum absolute atomic E-state index is 5.28. The summed E-state index contributed by atoms with van der Waals surface area (Å²) in [6.07, 6.45) is 11.9. The Morgan fingerprint density at radius 2 is 1.88 bits per heavy atom. The molecule has 5 aromatic rings. The molecule has 1 N–H and O–H groups in total. The molecule has 0 radical (unpaired) electrons. The summed E-state index contributed by atoms with van der Waals surface area (Å²) in [7, 11) is 1.65. The summed E-state index contributed by atoms with van der Waals surface area (Å²) in [5.41, 5.74) is 6.02. The Kier molecular flexibility index (Phi) is 4.75. The first-order valence-electron chi connectivity index (χ1n) is 11.0. The minimum Gasteiger partial charge on any atom is -0.497 e. The van der Waals surface area contributed by atoms with Gasteiger partial charge in [-0.2, -0.15) is 5.10 Å². The topological polar surface area (TPSA) is 82.2 Å². The second-order valence-electron chi connectivity index (χ2n) is 8.22. The number of nitrogens with one attached hydrogen (secondary N) is 1. The largest absolute Gasteiger partial charge is 0.497 e. The van der Waals surface area contributed by atoms with Crippen molar-refractivity contribution in [3.05, 3.63) is 79.1 Å². The first kappa shape index (κ1) is 19.5. The highest BCUT2D eigenvalue weighted by atomic mass is 16.5. The fraction of sp³-hybridized carbons (Fsp3) is 0.200. The number of hydrogen-bond donors (Lipinski definition) is 1. The number of ether oxygens (including phenoxy) is 1. The van der Waals surface area contributed by atoms with Gasteiger partial charge in [-0.3, -0.25) is 9.08 Å². The predicted octanol–water partition coefficient (Wildman–Crippen LogP) is 4.61. The number of rotatable bonds is 7. The van der Waals surface area contributed by atoms with Gasteiger partial charge in [0, 0.05) is 36.6 Å². The minimum atomic E-state index is 0.600. The van der Waals surface area contributed by atoms with Crippen LogP contribution in [-0.4, -0.2) is 36.2 Å². The van der Waals surface area contributed by atoms with Gasteiger partial charge in [-0.15, -0.1) is 0 Å². The molecule has 0 spiro atoms. The van der Waals surface area contributed by atoms with Crippen LogP contribution in [0.4, 0.5) is 5.82 Å². The van der Waals surface area contributed by atoms with E-state index in [0.717, 1.165) is 34.2 Å². The van der Waals surface area contributed by atoms with Gasteiger partial charge in [-0.05, 0) is 30.0 Å². The SMILES string of the molecule is COc1ccn2c(-c3cc(NCc4ccc(-c5cnn(C6CC6)c5)cc4)ncn3)cnc2c1. The first-order chi connectivity index (χ1) is 16.3. The van der Waals surface area contributed by atoms with Crippen LogP contribution in [0.2, 0.25) is 0 Å². The Hall–Kier alpha value is -4.20. The lowest BCUT2D eigenvalue weighted by Crippen LogP contribution is -2.02. The molecule has 8 heteroatoms. The molecule has 0 amide bonds. The van der Waals surface area contributed by atoms with Crippen LogP contribution in [0.25, 0.3) is 28.2 Å². The van der Waals surface area contributed by atoms with Crippen molar-refractivity contribution in [1.29, 1.82) is 0 Å². The number of imidazole rings is 1. The number of aromatic nitrogens is 6. The Bertz CT molecular complexity index is 1420. The Morgan fingerprint density at radius 3 is 2.70 bits per heavy atom. The molecule has 1 saturated carbocycles. The minimum absolute atomic E-state index is 0.600. The zero-order valence-corrected chi connectivity index (χ0v) is 18.2. The fourth-order valence-corrected chi connectivity index (χ4v) is 3.91. The average Bonchev–Trinajstić information content (AvgIpc) is 3.44. The van der Waals surface area contributed by atoms with Gasteiger partial charge in [0.15, 0.2) is 0 Å². The van der Waals surface area contributed by atoms with Crippen molar-refractivity contribution in [3.8, 4) is 28.3 Å². The van der Waals surface area contributed by atoms with Gasteiger partial charge < -0.3 is 10.1 Å². The molecular weight excluding hydrogens is 414 g/mol. The van der Waals surface area contributed by atoms with E-state index in [4.69, 9.17) is 4.74 Å². The molecule has 1 fully saturated rings. The van der Waals surface area contributed by atoms with E-state index in [1.165, 1.54) is 24.0 Å². The molecule has 0 atom stereocenters. The maximum Gasteiger partial charge on any atom is 0.140 e. The number of fused-ring (bicyclic) bond motifs is 1. The van der Waals surface area contributed by atoms with Crippen molar-refractivity contribution in [3.63, 3.8) is 0 Å². The number of pyridine rings is 1. The zero-order chi connectivity index (χ0) is 22.2. The lowest BCUT2D eigenvalue weighted by atomic mass is 10.1. The van der Waals surface area contributed by atoms with Crippen LogP contribution in [-0.2, 0) is 6.54 Å². The zero-order valence-electron chi connectivity index (χ0n) is 18.2. The molecule has 33 heavy (non-hydrogen) atoms. The fourth-order valence-electron chi connectivity index (χ4n) is 3.91. The third-order valence-electron chi connectivity index (χ3n) is 5.93. The second-order valence-corrected chi connectivity index (χ2v) is 8.22. The quantitative estimate of drug-likeness (QED) is 0.400. The number of methoxy groups -OCH3 is 1. The molecule has 0 aliphatic heterocycles. The van der Waals surface area contributed by atoms with Crippen LogP contribution in [0, 0.1) is 0 Å². The third kappa shape index (κ3) is 3.91. The van der Waals surface area contributed by atoms with E-state index >= 15 is 0 Å². The molecule has 0 saturated heterocycles. The molecule has 1 aromatic carbocycles. The Balaban J connectivity index is 1.16. The van der Waals surface area contributed by atoms with Crippen molar-refractivity contribution in [2.75, 3.05) is 12.4 Å². The van der Waals surface area contributed by atoms with Crippen LogP contribution in [0.15, 0.2) is 73.6 Å². The first-order valence-corrected chi connectivity index (χ1v) is 11.0. The molecule has 4 heterocycles. The van der Waals surface area contributed by atoms with Gasteiger partial charge in [0.2, 0.25) is 0 Å². The Morgan fingerprint density at radius 1 is 1.00 bits per heavy atom. The molecular formula is C25H23N7O. The van der Waals surface area contributed by atoms with Crippen LogP contribution in [0.5, 0.6) is 5.75 Å². The second kappa shape index (κ2) is 8.05. The van der Waals surface area contributed by atoms with Crippen molar-refractivity contribution >= 4 is 11.5 Å². The summed E-state index contributed by atoms with van der Waals surface area (Å²) in [6.45, 7) is 0.669. The number of anilines is 1. The number of nitrogens with zero attached hydrogens (tertiary/aromatic N) is 6. The van der Waals surface area contributed by atoms with E-state index in [-0.39, 0.29) is 0 Å². The monoisotopic (exact) mass is 437 g/mol. The van der Waals surface area contributed by atoms with E-state index in [2.05, 4.69) is 60.5 Å². The van der Waals surface area contributed by atoms with E-state index in [1.807, 2.05) is 41.2 Å². The molecule has 6 rings (SSSR count). The summed E-state index contributed by atoms with van der Waals surface area (Å²) in [4.78, 5) is 13.3. The van der Waals surface area contributed by atoms with Gasteiger partial charge in [-0.1, -0.05) is 24.3 Å². The molecule has 0 bridgehead atoms. The molecule has 4 aromatic heterocycles. The van der Waals surface area contributed by atoms with Crippen molar-refractivity contribution in [1.82, 2.24) is 29.1 Å². The van der Waals surface area contributed by atoms with Crippen LogP contribution in [0.3, 0.4) is 0 Å². The lowest BCUT2D eigenvalue weighted by Gasteiger charge is -2.08. The summed E-state index contributed by atoms with van der Waals surface area (Å²) in [6, 6.07) is 14.9. The average molecular weight is 438 g/mol. The summed E-state index contributed by atoms with van der Waals surface area (Å²) in [5, 5.41) is 7.89. The molecule has 164 valence electrons.